The Morgan fingerprint density at radius 3 is 2.96 bits per heavy atom. The zero-order valence-corrected chi connectivity index (χ0v) is 12.5. The molecule has 7 heteroatoms. The van der Waals surface area contributed by atoms with Gasteiger partial charge in [-0.25, -0.2) is 14.2 Å². The maximum Gasteiger partial charge on any atom is 0.332 e. The van der Waals surface area contributed by atoms with Crippen molar-refractivity contribution >= 4 is 11.2 Å². The van der Waals surface area contributed by atoms with E-state index in [9.17, 15) is 9.59 Å². The zero-order chi connectivity index (χ0) is 29.4. The van der Waals surface area contributed by atoms with Crippen LogP contribution in [0.5, 0.6) is 0 Å². The van der Waals surface area contributed by atoms with Crippen molar-refractivity contribution in [2.45, 2.75) is 64.9 Å². The van der Waals surface area contributed by atoms with Crippen molar-refractivity contribution < 1.29 is 23.6 Å². The third-order valence-corrected chi connectivity index (χ3v) is 2.95. The van der Waals surface area contributed by atoms with Crippen LogP contribution in [0.25, 0.3) is 11.2 Å². The third-order valence-electron chi connectivity index (χ3n) is 2.95. The number of fused-ring (bicyclic) bond motifs is 1. The van der Waals surface area contributed by atoms with Gasteiger partial charge >= 0.3 is 5.69 Å². The van der Waals surface area contributed by atoms with Crippen LogP contribution in [-0.2, 0) is 20.1 Å². The van der Waals surface area contributed by atoms with E-state index in [1.54, 1.807) is 6.92 Å². The first-order valence-corrected chi connectivity index (χ1v) is 6.65. The summed E-state index contributed by atoms with van der Waals surface area (Å²) in [6, 6.07) is 0. The smallest absolute Gasteiger partial charge is 0.325 e. The molecule has 0 aliphatic heterocycles. The van der Waals surface area contributed by atoms with E-state index in [2.05, 4.69) is 4.98 Å². The first-order chi connectivity index (χ1) is 16.3. The second kappa shape index (κ2) is 6.68. The molecule has 0 radical (unpaired) electrons. The van der Waals surface area contributed by atoms with E-state index in [4.69, 9.17) is 19.2 Å². The fourth-order valence-corrected chi connectivity index (χ4v) is 1.98. The summed E-state index contributed by atoms with van der Waals surface area (Å²) in [6.45, 7) is -11.0. The maximum absolute atomic E-state index is 15.8. The van der Waals surface area contributed by atoms with Crippen LogP contribution in [0.1, 0.15) is 65.4 Å². The summed E-state index contributed by atoms with van der Waals surface area (Å²) < 4.78 is 126. The van der Waals surface area contributed by atoms with Gasteiger partial charge in [-0.3, -0.25) is 13.9 Å². The van der Waals surface area contributed by atoms with Gasteiger partial charge in [0.25, 0.3) is 5.56 Å². The topological polar surface area (TPSA) is 61.8 Å². The van der Waals surface area contributed by atoms with Gasteiger partial charge in [0.15, 0.2) is 11.2 Å². The van der Waals surface area contributed by atoms with Crippen molar-refractivity contribution in [2.75, 3.05) is 0 Å². The Morgan fingerprint density at radius 2 is 2.30 bits per heavy atom. The van der Waals surface area contributed by atoms with E-state index in [-0.39, 0.29) is 22.3 Å². The summed E-state index contributed by atoms with van der Waals surface area (Å²) in [5.74, 6) is 0. The molecule has 6 nitrogen and oxygen atoms in total. The molecule has 23 heavy (non-hydrogen) atoms. The Hall–Kier alpha value is -1.92. The van der Waals surface area contributed by atoms with Crippen molar-refractivity contribution in [3.63, 3.8) is 0 Å². The standard InChI is InChI=1S/C16H25FN4O2/c1-5-9-20-11-18-13-12(20)14(22)21(15(23)19(13)4)10-7-6-8-16(2,3)17/h11H,5-10H2,1-4H3/i2D3,3T3,6D2,7D2,8D2,10D2. The number of halogens is 1. The number of hydrogen-bond acceptors (Lipinski definition) is 3. The minimum Gasteiger partial charge on any atom is -0.325 e. The van der Waals surface area contributed by atoms with E-state index < -0.39 is 56.2 Å². The Labute approximate surface area is 154 Å². The Bertz CT molecular complexity index is 1290. The molecule has 0 N–H and O–H groups in total. The highest BCUT2D eigenvalue weighted by Gasteiger charge is 2.17. The molecule has 2 aromatic heterocycles. The third kappa shape index (κ3) is 3.71. The van der Waals surface area contributed by atoms with E-state index in [0.717, 1.165) is 13.4 Å². The molecule has 0 aromatic carbocycles. The van der Waals surface area contributed by atoms with Crippen molar-refractivity contribution in [1.29, 1.82) is 0 Å². The maximum atomic E-state index is 15.8. The van der Waals surface area contributed by atoms with Crippen LogP contribution in [0.4, 0.5) is 4.39 Å². The van der Waals surface area contributed by atoms with Gasteiger partial charge in [0, 0.05) is 36.5 Å². The van der Waals surface area contributed by atoms with Crippen LogP contribution in [0.2, 0.25) is 0 Å². The lowest BCUT2D eigenvalue weighted by molar-refractivity contribution is 0.195. The molecule has 0 fully saturated rings. The lowest BCUT2D eigenvalue weighted by atomic mass is 10.0. The Balaban J connectivity index is 2.95. The SMILES string of the molecule is [2H]C([2H])([2H])C(F)(C([3H])([3H])[3H])C([2H])([2H])C([2H])([2H])C([2H])([2H])C([2H])([2H])n1c(=O)c2c(ncn2CCC)n(C)c1=O. The normalized spacial score (nSPS) is 26.9. The average Bonchev–Trinajstić information content (AvgIpc) is 3.13. The van der Waals surface area contributed by atoms with Gasteiger partial charge < -0.3 is 4.57 Å². The van der Waals surface area contributed by atoms with E-state index >= 15 is 4.39 Å². The molecular formula is C16H25FN4O2. The van der Waals surface area contributed by atoms with E-state index in [0.29, 0.717) is 11.0 Å². The van der Waals surface area contributed by atoms with Gasteiger partial charge in [0.05, 0.1) is 9.07 Å². The van der Waals surface area contributed by atoms with Crippen molar-refractivity contribution in [3.05, 3.63) is 27.2 Å². The zero-order valence-electron chi connectivity index (χ0n) is 26.5. The molecular weight excluding hydrogens is 299 g/mol. The van der Waals surface area contributed by atoms with Gasteiger partial charge in [-0.1, -0.05) is 6.92 Å². The highest BCUT2D eigenvalue weighted by atomic mass is 19.1. The molecule has 0 aliphatic carbocycles. The molecule has 2 heterocycles. The van der Waals surface area contributed by atoms with Crippen LogP contribution >= 0.6 is 0 Å². The minimum absolute atomic E-state index is 0.157. The fraction of sp³-hybridized carbons (Fsp3) is 0.688. The Morgan fingerprint density at radius 1 is 1.52 bits per heavy atom. The fourth-order valence-electron chi connectivity index (χ4n) is 1.98. The van der Waals surface area contributed by atoms with Gasteiger partial charge in [-0.05, 0) is 39.2 Å². The van der Waals surface area contributed by atoms with Crippen molar-refractivity contribution in [3.8, 4) is 0 Å². The molecule has 0 saturated carbocycles. The predicted molar refractivity (Wildman–Crippen MR) is 88.6 cm³/mol. The second-order valence-corrected chi connectivity index (χ2v) is 4.74. The number of rotatable bonds is 7. The molecule has 0 bridgehead atoms. The van der Waals surface area contributed by atoms with E-state index in [1.165, 1.54) is 4.57 Å². The largest absolute Gasteiger partial charge is 0.332 e. The van der Waals surface area contributed by atoms with Crippen LogP contribution in [0.15, 0.2) is 15.9 Å². The van der Waals surface area contributed by atoms with Gasteiger partial charge in [-0.2, -0.15) is 0 Å². The van der Waals surface area contributed by atoms with Crippen LogP contribution < -0.4 is 11.2 Å². The highest BCUT2D eigenvalue weighted by Crippen LogP contribution is 2.17. The molecule has 1 unspecified atom stereocenters. The number of nitrogens with zero attached hydrogens (tertiary/aromatic N) is 4. The molecule has 2 rings (SSSR count). The van der Waals surface area contributed by atoms with Crippen LogP contribution in [0, 0.1) is 0 Å². The van der Waals surface area contributed by atoms with Gasteiger partial charge in [0.1, 0.15) is 5.67 Å². The molecule has 0 saturated heterocycles. The van der Waals surface area contributed by atoms with Gasteiger partial charge in [0.2, 0.25) is 0 Å². The lowest BCUT2D eigenvalue weighted by Gasteiger charge is -2.14. The first kappa shape index (κ1) is 6.53. The molecule has 1 atom stereocenters. The average molecular weight is 341 g/mol. The lowest BCUT2D eigenvalue weighted by Crippen LogP contribution is -2.39. The van der Waals surface area contributed by atoms with Crippen LogP contribution in [-0.4, -0.2) is 24.4 Å². The summed E-state index contributed by atoms with van der Waals surface area (Å²) in [6.07, 6.45) is -12.2. The molecule has 0 spiro atoms. The van der Waals surface area contributed by atoms with Gasteiger partial charge in [-0.15, -0.1) is 0 Å². The summed E-state index contributed by atoms with van der Waals surface area (Å²) in [5.41, 5.74) is -8.66. The Kier molecular flexibility index (Phi) is 1.90. The quantitative estimate of drug-likeness (QED) is 0.776. The highest BCUT2D eigenvalue weighted by molar-refractivity contribution is 5.69. The molecule has 2 aromatic rings. The molecule has 0 amide bonds. The summed E-state index contributed by atoms with van der Waals surface area (Å²) >= 11 is 0. The number of aromatic nitrogens is 4. The summed E-state index contributed by atoms with van der Waals surface area (Å²) in [7, 11) is 1.05. The monoisotopic (exact) mass is 341 g/mol. The molecule has 128 valence electrons. The first-order valence-electron chi connectivity index (χ1n) is 13.6. The second-order valence-electron chi connectivity index (χ2n) is 4.74. The summed E-state index contributed by atoms with van der Waals surface area (Å²) in [4.78, 5) is 30.1. The molecule has 0 aliphatic rings. The van der Waals surface area contributed by atoms with E-state index in [1.807, 2.05) is 0 Å². The number of hydrogen-bond donors (Lipinski definition) is 0. The van der Waals surface area contributed by atoms with Crippen molar-refractivity contribution in [2.24, 2.45) is 7.05 Å². The van der Waals surface area contributed by atoms with Crippen LogP contribution in [0.3, 0.4) is 0 Å². The number of aryl methyl sites for hydroxylation is 2. The minimum atomic E-state index is -5.04. The summed E-state index contributed by atoms with van der Waals surface area (Å²) in [5, 5.41) is 0. The predicted octanol–water partition coefficient (Wildman–Crippen LogP) is 2.23. The van der Waals surface area contributed by atoms with Crippen molar-refractivity contribution in [1.82, 2.24) is 18.7 Å². The number of alkyl halides is 1. The number of imidazole rings is 1.